The Bertz CT molecular complexity index is 300. The quantitative estimate of drug-likeness (QED) is 0.762. The molecule has 1 aromatic rings. The number of rotatable bonds is 7. The summed E-state index contributed by atoms with van der Waals surface area (Å²) in [4.78, 5) is 0. The highest BCUT2D eigenvalue weighted by Gasteiger charge is 2.14. The number of ether oxygens (including phenoxy) is 1. The molecule has 0 saturated heterocycles. The summed E-state index contributed by atoms with van der Waals surface area (Å²) in [7, 11) is 1.70. The predicted octanol–water partition coefficient (Wildman–Crippen LogP) is 1.98. The Morgan fingerprint density at radius 2 is 1.88 bits per heavy atom. The topological polar surface area (TPSA) is 41.5 Å². The molecule has 0 saturated carbocycles. The second-order valence-electron chi connectivity index (χ2n) is 4.64. The van der Waals surface area contributed by atoms with Gasteiger partial charge in [0.05, 0.1) is 12.7 Å². The summed E-state index contributed by atoms with van der Waals surface area (Å²) in [6.07, 6.45) is -0.464. The van der Waals surface area contributed by atoms with Gasteiger partial charge in [-0.15, -0.1) is 0 Å². The van der Waals surface area contributed by atoms with E-state index >= 15 is 0 Å². The van der Waals surface area contributed by atoms with Crippen LogP contribution in [-0.2, 0) is 4.74 Å². The SMILES string of the molecule is COCC(NCC(O)c1ccccc1)C(C)C. The fourth-order valence-corrected chi connectivity index (χ4v) is 1.72. The highest BCUT2D eigenvalue weighted by atomic mass is 16.5. The first-order valence-electron chi connectivity index (χ1n) is 6.10. The van der Waals surface area contributed by atoms with Gasteiger partial charge in [0.1, 0.15) is 0 Å². The van der Waals surface area contributed by atoms with E-state index < -0.39 is 6.10 Å². The summed E-state index contributed by atoms with van der Waals surface area (Å²) >= 11 is 0. The lowest BCUT2D eigenvalue weighted by Gasteiger charge is -2.23. The molecule has 0 aromatic heterocycles. The first kappa shape index (κ1) is 14.2. The van der Waals surface area contributed by atoms with Crippen LogP contribution in [0.25, 0.3) is 0 Å². The van der Waals surface area contributed by atoms with Crippen molar-refractivity contribution in [2.24, 2.45) is 5.92 Å². The zero-order valence-electron chi connectivity index (χ0n) is 10.9. The molecule has 3 heteroatoms. The van der Waals surface area contributed by atoms with Crippen molar-refractivity contribution in [1.29, 1.82) is 0 Å². The molecule has 0 heterocycles. The van der Waals surface area contributed by atoms with E-state index in [1.165, 1.54) is 0 Å². The summed E-state index contributed by atoms with van der Waals surface area (Å²) in [6, 6.07) is 9.98. The van der Waals surface area contributed by atoms with Gasteiger partial charge in [-0.2, -0.15) is 0 Å². The molecule has 17 heavy (non-hydrogen) atoms. The van der Waals surface area contributed by atoms with Crippen molar-refractivity contribution in [3.63, 3.8) is 0 Å². The van der Waals surface area contributed by atoms with Gasteiger partial charge in [-0.3, -0.25) is 0 Å². The standard InChI is InChI=1S/C14H23NO2/c1-11(2)13(10-17-3)15-9-14(16)12-7-5-4-6-8-12/h4-8,11,13-16H,9-10H2,1-3H3. The van der Waals surface area contributed by atoms with Gasteiger partial charge in [0, 0.05) is 19.7 Å². The van der Waals surface area contributed by atoms with Crippen LogP contribution in [0.5, 0.6) is 0 Å². The maximum Gasteiger partial charge on any atom is 0.0914 e. The fourth-order valence-electron chi connectivity index (χ4n) is 1.72. The van der Waals surface area contributed by atoms with Crippen molar-refractivity contribution in [3.8, 4) is 0 Å². The van der Waals surface area contributed by atoms with Crippen molar-refractivity contribution in [2.45, 2.75) is 26.0 Å². The van der Waals surface area contributed by atoms with Crippen LogP contribution in [0.3, 0.4) is 0 Å². The Kier molecular flexibility index (Phi) is 6.19. The third-order valence-corrected chi connectivity index (χ3v) is 2.91. The van der Waals surface area contributed by atoms with Gasteiger partial charge in [0.15, 0.2) is 0 Å². The largest absolute Gasteiger partial charge is 0.387 e. The van der Waals surface area contributed by atoms with Gasteiger partial charge in [-0.1, -0.05) is 44.2 Å². The van der Waals surface area contributed by atoms with Gasteiger partial charge in [0.25, 0.3) is 0 Å². The van der Waals surface area contributed by atoms with Crippen molar-refractivity contribution in [3.05, 3.63) is 35.9 Å². The third kappa shape index (κ3) is 4.86. The number of methoxy groups -OCH3 is 1. The molecule has 0 aliphatic rings. The zero-order chi connectivity index (χ0) is 12.7. The smallest absolute Gasteiger partial charge is 0.0914 e. The fraction of sp³-hybridized carbons (Fsp3) is 0.571. The van der Waals surface area contributed by atoms with Crippen LogP contribution in [0.1, 0.15) is 25.5 Å². The van der Waals surface area contributed by atoms with Crippen LogP contribution in [0.4, 0.5) is 0 Å². The number of hydrogen-bond acceptors (Lipinski definition) is 3. The Morgan fingerprint density at radius 3 is 2.41 bits per heavy atom. The first-order valence-corrected chi connectivity index (χ1v) is 6.10. The average molecular weight is 237 g/mol. The van der Waals surface area contributed by atoms with Crippen molar-refractivity contribution in [2.75, 3.05) is 20.3 Å². The molecular formula is C14H23NO2. The monoisotopic (exact) mass is 237 g/mol. The minimum Gasteiger partial charge on any atom is -0.387 e. The molecule has 0 spiro atoms. The molecule has 0 aliphatic carbocycles. The Labute approximate surface area is 104 Å². The van der Waals surface area contributed by atoms with Crippen LogP contribution >= 0.6 is 0 Å². The van der Waals surface area contributed by atoms with Crippen LogP contribution in [0, 0.1) is 5.92 Å². The minimum atomic E-state index is -0.464. The summed E-state index contributed by atoms with van der Waals surface area (Å²) in [5, 5.41) is 13.4. The van der Waals surface area contributed by atoms with E-state index in [1.807, 2.05) is 30.3 Å². The van der Waals surface area contributed by atoms with E-state index in [0.29, 0.717) is 19.1 Å². The molecule has 0 fully saturated rings. The van der Waals surface area contributed by atoms with Crippen LogP contribution in [-0.4, -0.2) is 31.4 Å². The van der Waals surface area contributed by atoms with E-state index in [4.69, 9.17) is 4.74 Å². The van der Waals surface area contributed by atoms with E-state index in [9.17, 15) is 5.11 Å². The molecule has 0 bridgehead atoms. The van der Waals surface area contributed by atoms with E-state index in [0.717, 1.165) is 5.56 Å². The van der Waals surface area contributed by atoms with Crippen LogP contribution in [0.15, 0.2) is 30.3 Å². The number of hydrogen-bond donors (Lipinski definition) is 2. The van der Waals surface area contributed by atoms with Crippen molar-refractivity contribution >= 4 is 0 Å². The molecule has 1 rings (SSSR count). The second kappa shape index (κ2) is 7.43. The zero-order valence-corrected chi connectivity index (χ0v) is 10.9. The number of aliphatic hydroxyl groups is 1. The number of nitrogens with one attached hydrogen (secondary N) is 1. The molecule has 0 aliphatic heterocycles. The summed E-state index contributed by atoms with van der Waals surface area (Å²) < 4.78 is 5.16. The van der Waals surface area contributed by atoms with Crippen molar-refractivity contribution < 1.29 is 9.84 Å². The Balaban J connectivity index is 2.43. The lowest BCUT2D eigenvalue weighted by molar-refractivity contribution is 0.124. The molecule has 2 N–H and O–H groups in total. The lowest BCUT2D eigenvalue weighted by Crippen LogP contribution is -2.39. The third-order valence-electron chi connectivity index (χ3n) is 2.91. The molecule has 2 unspecified atom stereocenters. The van der Waals surface area contributed by atoms with E-state index in [2.05, 4.69) is 19.2 Å². The number of benzene rings is 1. The molecule has 0 amide bonds. The van der Waals surface area contributed by atoms with Crippen LogP contribution < -0.4 is 5.32 Å². The molecule has 96 valence electrons. The first-order chi connectivity index (χ1) is 8.15. The Hall–Kier alpha value is -0.900. The maximum absolute atomic E-state index is 10.0. The van der Waals surface area contributed by atoms with E-state index in [-0.39, 0.29) is 6.04 Å². The minimum absolute atomic E-state index is 0.276. The second-order valence-corrected chi connectivity index (χ2v) is 4.64. The molecule has 2 atom stereocenters. The maximum atomic E-state index is 10.0. The molecule has 0 radical (unpaired) electrons. The van der Waals surface area contributed by atoms with Gasteiger partial charge >= 0.3 is 0 Å². The number of aliphatic hydroxyl groups excluding tert-OH is 1. The van der Waals surface area contributed by atoms with Gasteiger partial charge in [-0.05, 0) is 11.5 Å². The van der Waals surface area contributed by atoms with Crippen molar-refractivity contribution in [1.82, 2.24) is 5.32 Å². The lowest BCUT2D eigenvalue weighted by atomic mass is 10.0. The van der Waals surface area contributed by atoms with Gasteiger partial charge < -0.3 is 15.2 Å². The summed E-state index contributed by atoms with van der Waals surface area (Å²) in [5.74, 6) is 0.484. The predicted molar refractivity (Wildman–Crippen MR) is 69.9 cm³/mol. The average Bonchev–Trinajstić information content (AvgIpc) is 2.34. The van der Waals surface area contributed by atoms with E-state index in [1.54, 1.807) is 7.11 Å². The van der Waals surface area contributed by atoms with Gasteiger partial charge in [0.2, 0.25) is 0 Å². The summed E-state index contributed by atoms with van der Waals surface area (Å²) in [6.45, 7) is 5.51. The highest BCUT2D eigenvalue weighted by molar-refractivity contribution is 5.17. The normalized spacial score (nSPS) is 14.9. The van der Waals surface area contributed by atoms with Crippen LogP contribution in [0.2, 0.25) is 0 Å². The van der Waals surface area contributed by atoms with Gasteiger partial charge in [-0.25, -0.2) is 0 Å². The molecule has 1 aromatic carbocycles. The molecular weight excluding hydrogens is 214 g/mol. The summed E-state index contributed by atoms with van der Waals surface area (Å²) in [5.41, 5.74) is 0.944. The Morgan fingerprint density at radius 1 is 1.24 bits per heavy atom. The highest BCUT2D eigenvalue weighted by Crippen LogP contribution is 2.11. The molecule has 3 nitrogen and oxygen atoms in total.